The molecule has 0 aliphatic carbocycles. The van der Waals surface area contributed by atoms with Crippen molar-refractivity contribution >= 4 is 60.9 Å². The highest BCUT2D eigenvalue weighted by Gasteiger charge is 2.24. The van der Waals surface area contributed by atoms with Gasteiger partial charge in [-0.05, 0) is 80.9 Å². The maximum Gasteiger partial charge on any atom is 0.159 e. The molecule has 0 atom stereocenters. The van der Waals surface area contributed by atoms with Crippen molar-refractivity contribution in [3.63, 3.8) is 0 Å². The first kappa shape index (κ1) is 36.5. The van der Waals surface area contributed by atoms with Gasteiger partial charge in [-0.15, -0.1) is 0 Å². The normalized spacial score (nSPS) is 11.5. The lowest BCUT2D eigenvalue weighted by molar-refractivity contribution is 0.669. The molecule has 0 saturated heterocycles. The third kappa shape index (κ3) is 6.29. The summed E-state index contributed by atoms with van der Waals surface area (Å²) in [5.74, 6) is 0. The molecule has 0 aliphatic rings. The van der Waals surface area contributed by atoms with Crippen LogP contribution in [0.15, 0.2) is 245 Å². The molecule has 12 rings (SSSR count). The van der Waals surface area contributed by atoms with Crippen LogP contribution in [-0.4, -0.2) is 0 Å². The van der Waals surface area contributed by atoms with Gasteiger partial charge in [0.25, 0.3) is 0 Å². The lowest BCUT2D eigenvalue weighted by atomic mass is 9.88. The van der Waals surface area contributed by atoms with Gasteiger partial charge in [-0.2, -0.15) is 0 Å². The first-order chi connectivity index (χ1) is 31.3. The average Bonchev–Trinajstić information content (AvgIpc) is 3.94. The molecule has 0 amide bonds. The summed E-state index contributed by atoms with van der Waals surface area (Å²) in [6, 6.07) is 84.0. The Kier molecular flexibility index (Phi) is 8.83. The van der Waals surface area contributed by atoms with Crippen molar-refractivity contribution < 1.29 is 8.83 Å². The number of furan rings is 2. The molecule has 0 bridgehead atoms. The van der Waals surface area contributed by atoms with Gasteiger partial charge in [-0.1, -0.05) is 200 Å². The average molecular weight is 806 g/mol. The second kappa shape index (κ2) is 15.3. The fourth-order valence-electron chi connectivity index (χ4n) is 9.37. The highest BCUT2D eigenvalue weighted by atomic mass is 16.3. The lowest BCUT2D eigenvalue weighted by Gasteiger charge is -2.28. The molecule has 0 N–H and O–H groups in total. The van der Waals surface area contributed by atoms with E-state index in [0.717, 1.165) is 88.8 Å². The summed E-state index contributed by atoms with van der Waals surface area (Å²) in [6.07, 6.45) is 0. The molecule has 3 heteroatoms. The van der Waals surface area contributed by atoms with Crippen molar-refractivity contribution in [1.82, 2.24) is 0 Å². The zero-order valence-corrected chi connectivity index (χ0v) is 34.3. The fourth-order valence-corrected chi connectivity index (χ4v) is 9.37. The molecule has 12 aromatic rings. The summed E-state index contributed by atoms with van der Waals surface area (Å²) in [5.41, 5.74) is 18.0. The van der Waals surface area contributed by atoms with E-state index in [2.05, 4.69) is 217 Å². The number of anilines is 3. The predicted molar refractivity (Wildman–Crippen MR) is 263 cm³/mol. The summed E-state index contributed by atoms with van der Waals surface area (Å²) >= 11 is 0. The maximum absolute atomic E-state index is 6.76. The van der Waals surface area contributed by atoms with Gasteiger partial charge in [0.05, 0.1) is 11.4 Å². The zero-order valence-electron chi connectivity index (χ0n) is 34.3. The Balaban J connectivity index is 1.02. The van der Waals surface area contributed by atoms with Gasteiger partial charge in [0.1, 0.15) is 16.7 Å². The molecule has 0 fully saturated rings. The number of hydrogen-bond acceptors (Lipinski definition) is 3. The Morgan fingerprint density at radius 3 is 1.35 bits per heavy atom. The monoisotopic (exact) mass is 805 g/mol. The molecule has 0 aliphatic heterocycles. The minimum absolute atomic E-state index is 0.835. The Labute approximate surface area is 365 Å². The number of para-hydroxylation sites is 5. The van der Waals surface area contributed by atoms with Gasteiger partial charge in [-0.25, -0.2) is 0 Å². The molecule has 0 saturated carbocycles. The second-order valence-corrected chi connectivity index (χ2v) is 16.0. The highest BCUT2D eigenvalue weighted by molar-refractivity contribution is 6.12. The Morgan fingerprint density at radius 2 is 0.651 bits per heavy atom. The first-order valence-electron chi connectivity index (χ1n) is 21.4. The Bertz CT molecular complexity index is 3620. The smallest absolute Gasteiger partial charge is 0.159 e. The summed E-state index contributed by atoms with van der Waals surface area (Å²) in [5, 5.41) is 4.40. The molecule has 0 unspecified atom stereocenters. The van der Waals surface area contributed by atoms with Crippen LogP contribution in [0.2, 0.25) is 0 Å². The van der Waals surface area contributed by atoms with Crippen LogP contribution in [0, 0.1) is 0 Å². The molecular formula is C60H39NO2. The highest BCUT2D eigenvalue weighted by Crippen LogP contribution is 2.48. The minimum atomic E-state index is 0.835. The van der Waals surface area contributed by atoms with Crippen molar-refractivity contribution in [2.24, 2.45) is 0 Å². The quantitative estimate of drug-likeness (QED) is 0.153. The number of hydrogen-bond donors (Lipinski definition) is 0. The van der Waals surface area contributed by atoms with Crippen LogP contribution in [0.25, 0.3) is 99.5 Å². The van der Waals surface area contributed by atoms with Crippen molar-refractivity contribution in [1.29, 1.82) is 0 Å². The van der Waals surface area contributed by atoms with Gasteiger partial charge in [0, 0.05) is 38.4 Å². The van der Waals surface area contributed by atoms with Crippen molar-refractivity contribution in [2.75, 3.05) is 4.90 Å². The Morgan fingerprint density at radius 1 is 0.238 bits per heavy atom. The fraction of sp³-hybridized carbons (Fsp3) is 0. The lowest BCUT2D eigenvalue weighted by Crippen LogP contribution is -2.11. The maximum atomic E-state index is 6.76. The van der Waals surface area contributed by atoms with E-state index in [4.69, 9.17) is 8.83 Å². The predicted octanol–water partition coefficient (Wildman–Crippen LogP) is 17.3. The van der Waals surface area contributed by atoms with E-state index in [1.165, 1.54) is 27.8 Å². The minimum Gasteiger partial charge on any atom is -0.455 e. The van der Waals surface area contributed by atoms with Crippen LogP contribution in [0.4, 0.5) is 17.1 Å². The third-order valence-corrected chi connectivity index (χ3v) is 12.3. The van der Waals surface area contributed by atoms with Gasteiger partial charge in [0.15, 0.2) is 5.58 Å². The largest absolute Gasteiger partial charge is 0.455 e. The number of fused-ring (bicyclic) bond motifs is 6. The molecule has 3 nitrogen and oxygen atoms in total. The van der Waals surface area contributed by atoms with E-state index in [0.29, 0.717) is 0 Å². The molecule has 10 aromatic carbocycles. The van der Waals surface area contributed by atoms with E-state index < -0.39 is 0 Å². The molecule has 0 spiro atoms. The van der Waals surface area contributed by atoms with E-state index in [9.17, 15) is 0 Å². The third-order valence-electron chi connectivity index (χ3n) is 12.3. The molecule has 2 aromatic heterocycles. The van der Waals surface area contributed by atoms with E-state index in [1.54, 1.807) is 0 Å². The standard InChI is InChI=1S/C60H39NO2/c1-2-16-40(17-3-1)41-32-34-42(35-33-41)45-18-4-5-19-47(45)48-20-6-7-21-49(48)50-22-8-11-28-55(50)61(56-29-15-27-54-52-24-10-13-31-58(52)63-60(54)56)44-38-36-43(37-39-44)46-25-14-26-53-51-23-9-12-30-57(51)62-59(46)53/h1-39H. The molecule has 296 valence electrons. The molecular weight excluding hydrogens is 767 g/mol. The topological polar surface area (TPSA) is 29.5 Å². The SMILES string of the molecule is c1ccc(-c2ccc(-c3ccccc3-c3ccccc3-c3ccccc3N(c3ccc(-c4cccc5c4oc4ccccc45)cc3)c3cccc4c3oc3ccccc34)cc2)cc1. The molecule has 0 radical (unpaired) electrons. The zero-order chi connectivity index (χ0) is 41.7. The number of rotatable bonds is 8. The van der Waals surface area contributed by atoms with Gasteiger partial charge in [-0.3, -0.25) is 0 Å². The van der Waals surface area contributed by atoms with Crippen LogP contribution in [-0.2, 0) is 0 Å². The van der Waals surface area contributed by atoms with Gasteiger partial charge < -0.3 is 13.7 Å². The van der Waals surface area contributed by atoms with Gasteiger partial charge >= 0.3 is 0 Å². The van der Waals surface area contributed by atoms with Crippen LogP contribution < -0.4 is 4.90 Å². The molecule has 2 heterocycles. The van der Waals surface area contributed by atoms with Crippen molar-refractivity contribution in [2.45, 2.75) is 0 Å². The summed E-state index contributed by atoms with van der Waals surface area (Å²) in [6.45, 7) is 0. The van der Waals surface area contributed by atoms with Crippen LogP contribution in [0.3, 0.4) is 0 Å². The van der Waals surface area contributed by atoms with E-state index in [-0.39, 0.29) is 0 Å². The van der Waals surface area contributed by atoms with Gasteiger partial charge in [0.2, 0.25) is 0 Å². The number of nitrogens with zero attached hydrogens (tertiary/aromatic N) is 1. The van der Waals surface area contributed by atoms with E-state index in [1.807, 2.05) is 24.3 Å². The second-order valence-electron chi connectivity index (χ2n) is 16.0. The number of benzene rings is 10. The Hall–Kier alpha value is -8.40. The summed E-state index contributed by atoms with van der Waals surface area (Å²) in [7, 11) is 0. The van der Waals surface area contributed by atoms with Crippen molar-refractivity contribution in [3.05, 3.63) is 237 Å². The first-order valence-corrected chi connectivity index (χ1v) is 21.4. The van der Waals surface area contributed by atoms with Crippen LogP contribution in [0.1, 0.15) is 0 Å². The summed E-state index contributed by atoms with van der Waals surface area (Å²) < 4.78 is 13.2. The van der Waals surface area contributed by atoms with E-state index >= 15 is 0 Å². The molecule has 63 heavy (non-hydrogen) atoms. The van der Waals surface area contributed by atoms with Crippen molar-refractivity contribution in [3.8, 4) is 55.6 Å². The van der Waals surface area contributed by atoms with Crippen LogP contribution >= 0.6 is 0 Å². The summed E-state index contributed by atoms with van der Waals surface area (Å²) in [4.78, 5) is 2.36. The van der Waals surface area contributed by atoms with Crippen LogP contribution in [0.5, 0.6) is 0 Å².